The Bertz CT molecular complexity index is 1390. The van der Waals surface area contributed by atoms with Crippen molar-refractivity contribution in [1.29, 1.82) is 0 Å². The molecule has 0 radical (unpaired) electrons. The Morgan fingerprint density at radius 1 is 1.14 bits per heavy atom. The molecule has 1 aliphatic heterocycles. The van der Waals surface area contributed by atoms with E-state index in [0.29, 0.717) is 13.2 Å². The number of aryl methyl sites for hydroxylation is 1. The van der Waals surface area contributed by atoms with Crippen molar-refractivity contribution in [2.24, 2.45) is 5.41 Å². The number of aromatic nitrogens is 3. The van der Waals surface area contributed by atoms with Crippen molar-refractivity contribution in [2.75, 3.05) is 34.8 Å². The van der Waals surface area contributed by atoms with Gasteiger partial charge in [-0.25, -0.2) is 23.4 Å². The smallest absolute Gasteiger partial charge is 0.229 e. The van der Waals surface area contributed by atoms with Gasteiger partial charge >= 0.3 is 0 Å². The third-order valence-corrected chi connectivity index (χ3v) is 7.18. The Labute approximate surface area is 205 Å². The van der Waals surface area contributed by atoms with E-state index in [1.54, 1.807) is 18.6 Å². The molecule has 0 bridgehead atoms. The van der Waals surface area contributed by atoms with Crippen LogP contribution in [0.4, 0.5) is 17.3 Å². The molecule has 184 valence electrons. The molecule has 5 rings (SSSR count). The molecule has 0 amide bonds. The maximum absolute atomic E-state index is 11.7. The minimum atomic E-state index is -3.48. The molecule has 1 aliphatic carbocycles. The SMILES string of the molecule is CC1(C)CCc2ncnc(N3CCOc4ccc(-c5cnc(N)c(NS(C)(=O)=O)c5)cc4C3)c2C1. The lowest BCUT2D eigenvalue weighted by atomic mass is 9.76. The van der Waals surface area contributed by atoms with Gasteiger partial charge < -0.3 is 15.4 Å². The Kier molecular flexibility index (Phi) is 5.79. The second-order valence-corrected chi connectivity index (χ2v) is 11.8. The standard InChI is InChI=1S/C25H30N6O3S/c1-25(2)7-6-20-19(12-25)24(29-15-28-20)31-8-9-34-22-5-4-16(10-18(22)14-31)17-11-21(23(26)27-13-17)30-35(3,32)33/h4-5,10-11,13,15,30H,6-9,12,14H2,1-3H3,(H2,26,27). The summed E-state index contributed by atoms with van der Waals surface area (Å²) in [5.74, 6) is 1.94. The highest BCUT2D eigenvalue weighted by atomic mass is 32.2. The number of pyridine rings is 1. The molecule has 3 heterocycles. The summed E-state index contributed by atoms with van der Waals surface area (Å²) in [7, 11) is -3.48. The first-order chi connectivity index (χ1) is 16.6. The van der Waals surface area contributed by atoms with Gasteiger partial charge in [0.25, 0.3) is 0 Å². The molecule has 10 heteroatoms. The number of nitrogen functional groups attached to an aromatic ring is 1. The van der Waals surface area contributed by atoms with Crippen molar-refractivity contribution >= 4 is 27.3 Å². The number of nitrogens with two attached hydrogens (primary N) is 1. The van der Waals surface area contributed by atoms with Crippen LogP contribution in [0.5, 0.6) is 5.75 Å². The number of nitrogens with zero attached hydrogens (tertiary/aromatic N) is 4. The van der Waals surface area contributed by atoms with Crippen LogP contribution < -0.4 is 20.1 Å². The first-order valence-corrected chi connectivity index (χ1v) is 13.5. The predicted molar refractivity (Wildman–Crippen MR) is 137 cm³/mol. The highest BCUT2D eigenvalue weighted by molar-refractivity contribution is 7.92. The van der Waals surface area contributed by atoms with Crippen LogP contribution in [-0.4, -0.2) is 42.8 Å². The van der Waals surface area contributed by atoms with E-state index >= 15 is 0 Å². The zero-order valence-corrected chi connectivity index (χ0v) is 21.0. The minimum absolute atomic E-state index is 0.125. The van der Waals surface area contributed by atoms with Crippen molar-refractivity contribution in [3.05, 3.63) is 53.6 Å². The molecular formula is C25H30N6O3S. The molecule has 0 unspecified atom stereocenters. The average molecular weight is 495 g/mol. The van der Waals surface area contributed by atoms with Crippen molar-refractivity contribution in [2.45, 2.75) is 39.7 Å². The van der Waals surface area contributed by atoms with E-state index in [0.717, 1.165) is 66.0 Å². The van der Waals surface area contributed by atoms with E-state index in [1.807, 2.05) is 12.1 Å². The molecule has 3 aromatic rings. The Hall–Kier alpha value is -3.40. The lowest BCUT2D eigenvalue weighted by Gasteiger charge is -2.33. The molecule has 0 fully saturated rings. The van der Waals surface area contributed by atoms with Crippen LogP contribution in [0.3, 0.4) is 0 Å². The van der Waals surface area contributed by atoms with Gasteiger partial charge in [0.15, 0.2) is 0 Å². The van der Waals surface area contributed by atoms with Crippen LogP contribution >= 0.6 is 0 Å². The molecule has 2 aliphatic rings. The molecule has 0 saturated heterocycles. The summed E-state index contributed by atoms with van der Waals surface area (Å²) < 4.78 is 31.9. The number of ether oxygens (including phenoxy) is 1. The Balaban J connectivity index is 1.49. The third-order valence-electron chi connectivity index (χ3n) is 6.59. The van der Waals surface area contributed by atoms with Gasteiger partial charge in [0, 0.05) is 35.1 Å². The summed E-state index contributed by atoms with van der Waals surface area (Å²) in [4.78, 5) is 15.7. The zero-order chi connectivity index (χ0) is 24.8. The summed E-state index contributed by atoms with van der Waals surface area (Å²) in [6.07, 6.45) is 7.44. The van der Waals surface area contributed by atoms with Gasteiger partial charge in [0.05, 0.1) is 18.5 Å². The van der Waals surface area contributed by atoms with Crippen LogP contribution in [0.2, 0.25) is 0 Å². The van der Waals surface area contributed by atoms with E-state index in [1.165, 1.54) is 5.56 Å². The van der Waals surface area contributed by atoms with E-state index in [2.05, 4.69) is 39.5 Å². The van der Waals surface area contributed by atoms with Gasteiger partial charge in [-0.05, 0) is 48.4 Å². The second kappa shape index (κ2) is 8.67. The van der Waals surface area contributed by atoms with Gasteiger partial charge in [-0.2, -0.15) is 0 Å². The number of hydrogen-bond acceptors (Lipinski definition) is 8. The van der Waals surface area contributed by atoms with Gasteiger partial charge in [-0.15, -0.1) is 0 Å². The van der Waals surface area contributed by atoms with Gasteiger partial charge in [-0.3, -0.25) is 4.72 Å². The third kappa shape index (κ3) is 5.02. The molecule has 3 N–H and O–H groups in total. The highest BCUT2D eigenvalue weighted by Gasteiger charge is 2.30. The first kappa shape index (κ1) is 23.3. The molecule has 9 nitrogen and oxygen atoms in total. The summed E-state index contributed by atoms with van der Waals surface area (Å²) in [5.41, 5.74) is 11.4. The fourth-order valence-corrected chi connectivity index (χ4v) is 5.36. The van der Waals surface area contributed by atoms with E-state index < -0.39 is 10.0 Å². The number of sulfonamides is 1. The molecule has 1 aromatic carbocycles. The highest BCUT2D eigenvalue weighted by Crippen LogP contribution is 2.39. The number of hydrogen-bond donors (Lipinski definition) is 2. The number of nitrogens with one attached hydrogen (secondary N) is 1. The minimum Gasteiger partial charge on any atom is -0.491 e. The van der Waals surface area contributed by atoms with Gasteiger partial charge in [0.1, 0.15) is 30.3 Å². The largest absolute Gasteiger partial charge is 0.491 e. The summed E-state index contributed by atoms with van der Waals surface area (Å²) >= 11 is 0. The van der Waals surface area contributed by atoms with Crippen molar-refractivity contribution in [1.82, 2.24) is 15.0 Å². The number of anilines is 3. The van der Waals surface area contributed by atoms with Crippen LogP contribution in [0, 0.1) is 5.41 Å². The topological polar surface area (TPSA) is 123 Å². The van der Waals surface area contributed by atoms with E-state index in [-0.39, 0.29) is 16.9 Å². The van der Waals surface area contributed by atoms with Gasteiger partial charge in [0.2, 0.25) is 10.0 Å². The van der Waals surface area contributed by atoms with Crippen LogP contribution in [0.15, 0.2) is 36.8 Å². The molecule has 0 saturated carbocycles. The molecule has 2 aromatic heterocycles. The zero-order valence-electron chi connectivity index (χ0n) is 20.2. The van der Waals surface area contributed by atoms with Crippen LogP contribution in [-0.2, 0) is 29.4 Å². The summed E-state index contributed by atoms with van der Waals surface area (Å²) in [6, 6.07) is 7.65. The second-order valence-electron chi connectivity index (χ2n) is 10.1. The molecule has 35 heavy (non-hydrogen) atoms. The Morgan fingerprint density at radius 2 is 1.97 bits per heavy atom. The average Bonchev–Trinajstić information content (AvgIpc) is 3.00. The van der Waals surface area contributed by atoms with Crippen molar-refractivity contribution < 1.29 is 13.2 Å². The monoisotopic (exact) mass is 494 g/mol. The number of fused-ring (bicyclic) bond motifs is 2. The molecular weight excluding hydrogens is 464 g/mol. The maximum atomic E-state index is 11.7. The lowest BCUT2D eigenvalue weighted by molar-refractivity contribution is 0.310. The fraction of sp³-hybridized carbons (Fsp3) is 0.400. The summed E-state index contributed by atoms with van der Waals surface area (Å²) in [5, 5.41) is 0. The predicted octanol–water partition coefficient (Wildman–Crippen LogP) is 3.41. The van der Waals surface area contributed by atoms with Crippen LogP contribution in [0.25, 0.3) is 11.1 Å². The van der Waals surface area contributed by atoms with Gasteiger partial charge in [-0.1, -0.05) is 19.9 Å². The normalized spacial score (nSPS) is 17.1. The van der Waals surface area contributed by atoms with Crippen LogP contribution in [0.1, 0.15) is 37.1 Å². The molecule has 0 spiro atoms. The maximum Gasteiger partial charge on any atom is 0.229 e. The summed E-state index contributed by atoms with van der Waals surface area (Å²) in [6.45, 7) is 6.52. The Morgan fingerprint density at radius 3 is 2.77 bits per heavy atom. The van der Waals surface area contributed by atoms with Crippen molar-refractivity contribution in [3.8, 4) is 16.9 Å². The first-order valence-electron chi connectivity index (χ1n) is 11.7. The van der Waals surface area contributed by atoms with E-state index in [9.17, 15) is 8.42 Å². The number of benzene rings is 1. The van der Waals surface area contributed by atoms with E-state index in [4.69, 9.17) is 15.5 Å². The lowest BCUT2D eigenvalue weighted by Crippen LogP contribution is -2.31. The molecule has 0 atom stereocenters. The van der Waals surface area contributed by atoms with Crippen molar-refractivity contribution in [3.63, 3.8) is 0 Å². The number of rotatable bonds is 4. The quantitative estimate of drug-likeness (QED) is 0.566. The fourth-order valence-electron chi connectivity index (χ4n) is 4.80.